The van der Waals surface area contributed by atoms with Gasteiger partial charge in [-0.05, 0) is 24.3 Å². The number of hydrogen-bond acceptors (Lipinski definition) is 4. The smallest absolute Gasteiger partial charge is 0.224 e. The fourth-order valence-corrected chi connectivity index (χ4v) is 2.33. The van der Waals surface area contributed by atoms with Gasteiger partial charge >= 0.3 is 0 Å². The molecule has 6 nitrogen and oxygen atoms in total. The van der Waals surface area contributed by atoms with Crippen LogP contribution >= 0.6 is 0 Å². The number of nitrogens with one attached hydrogen (secondary N) is 1. The molecule has 1 aromatic carbocycles. The van der Waals surface area contributed by atoms with Crippen molar-refractivity contribution >= 4 is 11.7 Å². The molecule has 0 bridgehead atoms. The van der Waals surface area contributed by atoms with Crippen molar-refractivity contribution in [2.75, 3.05) is 19.8 Å². The van der Waals surface area contributed by atoms with Crippen LogP contribution in [0.15, 0.2) is 29.4 Å². The average Bonchev–Trinajstić information content (AvgIpc) is 3.00. The van der Waals surface area contributed by atoms with E-state index in [1.165, 1.54) is 0 Å². The summed E-state index contributed by atoms with van der Waals surface area (Å²) in [5.74, 6) is 0.639. The molecule has 1 fully saturated rings. The second-order valence-corrected chi connectivity index (χ2v) is 5.23. The molecule has 0 aromatic heterocycles. The highest BCUT2D eigenvalue weighted by atomic mass is 16.5. The fraction of sp³-hybridized carbons (Fsp3) is 0.467. The largest absolute Gasteiger partial charge is 0.409 e. The van der Waals surface area contributed by atoms with Crippen molar-refractivity contribution in [3.63, 3.8) is 0 Å². The fourth-order valence-electron chi connectivity index (χ4n) is 2.33. The Bertz CT molecular complexity index is 493. The number of benzene rings is 1. The number of amides is 1. The number of rotatable bonds is 6. The average molecular weight is 291 g/mol. The minimum Gasteiger partial charge on any atom is -0.409 e. The van der Waals surface area contributed by atoms with Crippen LogP contribution in [0, 0.1) is 5.92 Å². The molecule has 2 rings (SSSR count). The van der Waals surface area contributed by atoms with E-state index < -0.39 is 0 Å². The Labute approximate surface area is 124 Å². The van der Waals surface area contributed by atoms with Crippen LogP contribution in [-0.2, 0) is 16.0 Å². The predicted molar refractivity (Wildman–Crippen MR) is 79.2 cm³/mol. The van der Waals surface area contributed by atoms with Crippen LogP contribution in [-0.4, -0.2) is 36.7 Å². The highest BCUT2D eigenvalue weighted by Crippen LogP contribution is 2.15. The van der Waals surface area contributed by atoms with Gasteiger partial charge in [0.05, 0.1) is 6.42 Å². The summed E-state index contributed by atoms with van der Waals surface area (Å²) in [7, 11) is 0. The van der Waals surface area contributed by atoms with Crippen molar-refractivity contribution in [3.8, 4) is 0 Å². The molecule has 1 aliphatic heterocycles. The normalized spacial score (nSPS) is 18.7. The third-order valence-electron chi connectivity index (χ3n) is 3.62. The van der Waals surface area contributed by atoms with Gasteiger partial charge in [-0.25, -0.2) is 0 Å². The van der Waals surface area contributed by atoms with E-state index in [9.17, 15) is 4.79 Å². The Morgan fingerprint density at radius 3 is 2.81 bits per heavy atom. The summed E-state index contributed by atoms with van der Waals surface area (Å²) in [6.07, 6.45) is 2.39. The van der Waals surface area contributed by atoms with Crippen molar-refractivity contribution in [2.45, 2.75) is 19.3 Å². The Balaban J connectivity index is 1.74. The lowest BCUT2D eigenvalue weighted by molar-refractivity contribution is -0.120. The first-order chi connectivity index (χ1) is 10.2. The molecule has 1 heterocycles. The first kappa shape index (κ1) is 15.3. The number of oxime groups is 1. The van der Waals surface area contributed by atoms with Crippen molar-refractivity contribution in [3.05, 3.63) is 35.4 Å². The van der Waals surface area contributed by atoms with Gasteiger partial charge < -0.3 is 21.0 Å². The van der Waals surface area contributed by atoms with E-state index in [4.69, 9.17) is 15.7 Å². The first-order valence-corrected chi connectivity index (χ1v) is 7.10. The van der Waals surface area contributed by atoms with Gasteiger partial charge in [0.1, 0.15) is 0 Å². The van der Waals surface area contributed by atoms with Crippen LogP contribution in [0.1, 0.15) is 24.0 Å². The molecule has 1 atom stereocenters. The Hall–Kier alpha value is -2.08. The monoisotopic (exact) mass is 291 g/mol. The number of nitrogens with zero attached hydrogens (tertiary/aromatic N) is 1. The third kappa shape index (κ3) is 4.75. The van der Waals surface area contributed by atoms with E-state index in [2.05, 4.69) is 10.5 Å². The minimum atomic E-state index is 0.00506. The molecule has 1 aromatic rings. The molecule has 114 valence electrons. The van der Waals surface area contributed by atoms with Crippen molar-refractivity contribution in [1.29, 1.82) is 0 Å². The van der Waals surface area contributed by atoms with Gasteiger partial charge in [0.15, 0.2) is 5.84 Å². The van der Waals surface area contributed by atoms with E-state index >= 15 is 0 Å². The topological polar surface area (TPSA) is 96.9 Å². The summed E-state index contributed by atoms with van der Waals surface area (Å²) in [5.41, 5.74) is 7.00. The number of ether oxygens (including phenoxy) is 1. The molecular formula is C15H21N3O3. The lowest BCUT2D eigenvalue weighted by Crippen LogP contribution is -2.27. The Morgan fingerprint density at radius 2 is 2.19 bits per heavy atom. The van der Waals surface area contributed by atoms with Crippen molar-refractivity contribution in [2.24, 2.45) is 16.8 Å². The molecule has 1 amide bonds. The number of nitrogens with two attached hydrogens (primary N) is 1. The van der Waals surface area contributed by atoms with E-state index in [-0.39, 0.29) is 11.7 Å². The number of carbonyl (C=O) groups excluding carboxylic acids is 1. The highest BCUT2D eigenvalue weighted by Gasteiger charge is 2.15. The lowest BCUT2D eigenvalue weighted by atomic mass is 10.1. The maximum absolute atomic E-state index is 11.8. The maximum atomic E-state index is 11.8. The highest BCUT2D eigenvalue weighted by molar-refractivity contribution is 5.97. The van der Waals surface area contributed by atoms with Gasteiger partial charge in [0.25, 0.3) is 0 Å². The van der Waals surface area contributed by atoms with E-state index in [1.54, 1.807) is 24.3 Å². The number of amidine groups is 1. The molecule has 0 spiro atoms. The van der Waals surface area contributed by atoms with Gasteiger partial charge in [0.2, 0.25) is 5.91 Å². The summed E-state index contributed by atoms with van der Waals surface area (Å²) in [6.45, 7) is 2.34. The summed E-state index contributed by atoms with van der Waals surface area (Å²) in [4.78, 5) is 11.8. The minimum absolute atomic E-state index is 0.00506. The van der Waals surface area contributed by atoms with Crippen molar-refractivity contribution in [1.82, 2.24) is 5.32 Å². The summed E-state index contributed by atoms with van der Waals surface area (Å²) in [5, 5.41) is 14.4. The third-order valence-corrected chi connectivity index (χ3v) is 3.62. The van der Waals surface area contributed by atoms with E-state index in [0.717, 1.165) is 31.6 Å². The number of carbonyl (C=O) groups is 1. The van der Waals surface area contributed by atoms with Crippen LogP contribution in [0.4, 0.5) is 0 Å². The maximum Gasteiger partial charge on any atom is 0.224 e. The van der Waals surface area contributed by atoms with Gasteiger partial charge in [-0.15, -0.1) is 0 Å². The predicted octanol–water partition coefficient (Wildman–Crippen LogP) is 0.866. The molecule has 0 radical (unpaired) electrons. The first-order valence-electron chi connectivity index (χ1n) is 7.10. The Morgan fingerprint density at radius 1 is 1.43 bits per heavy atom. The van der Waals surface area contributed by atoms with Crippen LogP contribution < -0.4 is 11.1 Å². The summed E-state index contributed by atoms with van der Waals surface area (Å²) in [6, 6.07) is 7.07. The molecule has 6 heteroatoms. The zero-order valence-corrected chi connectivity index (χ0v) is 11.9. The standard InChI is InChI=1S/C15H21N3O3/c16-15(18-20)13-3-1-11(2-4-13)9-14(19)17-7-5-12-6-8-21-10-12/h1-4,12,20H,5-10H2,(H2,16,18)(H,17,19). The molecule has 0 aliphatic carbocycles. The van der Waals surface area contributed by atoms with Crippen LogP contribution in [0.2, 0.25) is 0 Å². The molecule has 1 saturated heterocycles. The summed E-state index contributed by atoms with van der Waals surface area (Å²) < 4.78 is 5.30. The molecule has 4 N–H and O–H groups in total. The second kappa shape index (κ2) is 7.64. The van der Waals surface area contributed by atoms with Crippen molar-refractivity contribution < 1.29 is 14.7 Å². The SMILES string of the molecule is N/C(=N/O)c1ccc(CC(=O)NCCC2CCOC2)cc1. The van der Waals surface area contributed by atoms with E-state index in [0.29, 0.717) is 24.4 Å². The molecule has 1 aliphatic rings. The zero-order chi connectivity index (χ0) is 15.1. The van der Waals surface area contributed by atoms with Gasteiger partial charge in [-0.1, -0.05) is 29.4 Å². The van der Waals surface area contributed by atoms with Crippen LogP contribution in [0.25, 0.3) is 0 Å². The lowest BCUT2D eigenvalue weighted by Gasteiger charge is -2.09. The Kier molecular flexibility index (Phi) is 5.57. The molecule has 0 saturated carbocycles. The number of hydrogen-bond donors (Lipinski definition) is 3. The summed E-state index contributed by atoms with van der Waals surface area (Å²) >= 11 is 0. The second-order valence-electron chi connectivity index (χ2n) is 5.23. The van der Waals surface area contributed by atoms with Gasteiger partial charge in [0, 0.05) is 25.3 Å². The quantitative estimate of drug-likeness (QED) is 0.313. The van der Waals surface area contributed by atoms with Crippen LogP contribution in [0.3, 0.4) is 0 Å². The van der Waals surface area contributed by atoms with Gasteiger partial charge in [-0.3, -0.25) is 4.79 Å². The van der Waals surface area contributed by atoms with E-state index in [1.807, 2.05) is 0 Å². The molecular weight excluding hydrogens is 270 g/mol. The zero-order valence-electron chi connectivity index (χ0n) is 11.9. The van der Waals surface area contributed by atoms with Gasteiger partial charge in [-0.2, -0.15) is 0 Å². The molecule has 1 unspecified atom stereocenters. The molecule has 21 heavy (non-hydrogen) atoms. The van der Waals surface area contributed by atoms with Crippen LogP contribution in [0.5, 0.6) is 0 Å².